The standard InChI is InChI=1S/C18H29NO3/c1-14(19-18-6-4-3-5-16(18)13-20)15-7-9-17(10-8-15)22-12-11-21-2/h7-10,14,16,18-20H,3-6,11-13H2,1-2H3. The Kier molecular flexibility index (Phi) is 7.16. The van der Waals surface area contributed by atoms with Gasteiger partial charge in [-0.15, -0.1) is 0 Å². The van der Waals surface area contributed by atoms with Crippen LogP contribution in [0.4, 0.5) is 0 Å². The van der Waals surface area contributed by atoms with Crippen molar-refractivity contribution in [1.82, 2.24) is 5.32 Å². The number of aliphatic hydroxyl groups excluding tert-OH is 1. The fraction of sp³-hybridized carbons (Fsp3) is 0.667. The van der Waals surface area contributed by atoms with Crippen LogP contribution in [0.1, 0.15) is 44.2 Å². The van der Waals surface area contributed by atoms with E-state index in [9.17, 15) is 5.11 Å². The van der Waals surface area contributed by atoms with Gasteiger partial charge in [-0.2, -0.15) is 0 Å². The summed E-state index contributed by atoms with van der Waals surface area (Å²) in [6.45, 7) is 3.65. The topological polar surface area (TPSA) is 50.7 Å². The van der Waals surface area contributed by atoms with Crippen LogP contribution in [-0.2, 0) is 4.74 Å². The SMILES string of the molecule is COCCOc1ccc(C(C)NC2CCCCC2CO)cc1. The summed E-state index contributed by atoms with van der Waals surface area (Å²) in [5.74, 6) is 1.27. The van der Waals surface area contributed by atoms with Crippen molar-refractivity contribution < 1.29 is 14.6 Å². The van der Waals surface area contributed by atoms with Crippen LogP contribution in [-0.4, -0.2) is 38.1 Å². The molecule has 0 aliphatic heterocycles. The summed E-state index contributed by atoms with van der Waals surface area (Å²) >= 11 is 0. The van der Waals surface area contributed by atoms with Gasteiger partial charge in [-0.1, -0.05) is 25.0 Å². The molecule has 124 valence electrons. The molecule has 0 saturated heterocycles. The van der Waals surface area contributed by atoms with Crippen molar-refractivity contribution in [3.63, 3.8) is 0 Å². The first-order valence-corrected chi connectivity index (χ1v) is 8.33. The van der Waals surface area contributed by atoms with Crippen LogP contribution in [0.3, 0.4) is 0 Å². The second-order valence-corrected chi connectivity index (χ2v) is 6.13. The van der Waals surface area contributed by atoms with E-state index in [1.54, 1.807) is 7.11 Å². The van der Waals surface area contributed by atoms with Gasteiger partial charge in [-0.3, -0.25) is 0 Å². The van der Waals surface area contributed by atoms with Gasteiger partial charge in [0.2, 0.25) is 0 Å². The van der Waals surface area contributed by atoms with Gasteiger partial charge in [0.1, 0.15) is 12.4 Å². The number of aliphatic hydroxyl groups is 1. The number of ether oxygens (including phenoxy) is 2. The average molecular weight is 307 g/mol. The van der Waals surface area contributed by atoms with Gasteiger partial charge in [0.25, 0.3) is 0 Å². The largest absolute Gasteiger partial charge is 0.491 e. The van der Waals surface area contributed by atoms with Crippen molar-refractivity contribution in [3.8, 4) is 5.75 Å². The molecule has 0 aromatic heterocycles. The van der Waals surface area contributed by atoms with Gasteiger partial charge < -0.3 is 19.9 Å². The van der Waals surface area contributed by atoms with Gasteiger partial charge in [0.05, 0.1) is 6.61 Å². The van der Waals surface area contributed by atoms with Gasteiger partial charge >= 0.3 is 0 Å². The number of nitrogens with one attached hydrogen (secondary N) is 1. The highest BCUT2D eigenvalue weighted by atomic mass is 16.5. The lowest BCUT2D eigenvalue weighted by atomic mass is 9.84. The van der Waals surface area contributed by atoms with E-state index in [1.807, 2.05) is 12.1 Å². The molecule has 3 unspecified atom stereocenters. The monoisotopic (exact) mass is 307 g/mol. The van der Waals surface area contributed by atoms with E-state index < -0.39 is 0 Å². The molecule has 2 rings (SSSR count). The van der Waals surface area contributed by atoms with Crippen molar-refractivity contribution in [3.05, 3.63) is 29.8 Å². The van der Waals surface area contributed by atoms with Gasteiger partial charge in [0, 0.05) is 25.8 Å². The molecule has 4 heteroatoms. The fourth-order valence-electron chi connectivity index (χ4n) is 3.16. The molecule has 1 aliphatic rings. The molecule has 1 saturated carbocycles. The van der Waals surface area contributed by atoms with Gasteiger partial charge in [-0.05, 0) is 43.4 Å². The van der Waals surface area contributed by atoms with Crippen LogP contribution in [0.2, 0.25) is 0 Å². The minimum atomic E-state index is 0.283. The Labute approximate surface area is 133 Å². The first kappa shape index (κ1) is 17.3. The van der Waals surface area contributed by atoms with Crippen LogP contribution >= 0.6 is 0 Å². The van der Waals surface area contributed by atoms with Gasteiger partial charge in [-0.25, -0.2) is 0 Å². The van der Waals surface area contributed by atoms with Crippen LogP contribution in [0, 0.1) is 5.92 Å². The summed E-state index contributed by atoms with van der Waals surface area (Å²) in [7, 11) is 1.67. The van der Waals surface area contributed by atoms with E-state index >= 15 is 0 Å². The molecule has 1 fully saturated rings. The third-order valence-corrected chi connectivity index (χ3v) is 4.54. The normalized spacial score (nSPS) is 23.2. The van der Waals surface area contributed by atoms with E-state index in [0.717, 1.165) is 18.6 Å². The lowest BCUT2D eigenvalue weighted by Crippen LogP contribution is -2.41. The summed E-state index contributed by atoms with van der Waals surface area (Å²) in [6.07, 6.45) is 4.79. The Balaban J connectivity index is 1.87. The first-order chi connectivity index (χ1) is 10.7. The zero-order chi connectivity index (χ0) is 15.8. The van der Waals surface area contributed by atoms with Crippen LogP contribution in [0.15, 0.2) is 24.3 Å². The molecule has 4 nitrogen and oxygen atoms in total. The molecule has 1 aromatic rings. The highest BCUT2D eigenvalue weighted by Gasteiger charge is 2.25. The Morgan fingerprint density at radius 1 is 1.18 bits per heavy atom. The molecule has 0 spiro atoms. The molecule has 22 heavy (non-hydrogen) atoms. The van der Waals surface area contributed by atoms with Crippen molar-refractivity contribution in [2.75, 3.05) is 26.9 Å². The quantitative estimate of drug-likeness (QED) is 0.725. The second kappa shape index (κ2) is 9.13. The number of hydrogen-bond acceptors (Lipinski definition) is 4. The molecule has 0 heterocycles. The van der Waals surface area contributed by atoms with Crippen LogP contribution in [0.25, 0.3) is 0 Å². The van der Waals surface area contributed by atoms with Crippen molar-refractivity contribution in [1.29, 1.82) is 0 Å². The smallest absolute Gasteiger partial charge is 0.119 e. The van der Waals surface area contributed by atoms with E-state index in [2.05, 4.69) is 24.4 Å². The summed E-state index contributed by atoms with van der Waals surface area (Å²) < 4.78 is 10.6. The maximum atomic E-state index is 9.52. The number of benzene rings is 1. The highest BCUT2D eigenvalue weighted by molar-refractivity contribution is 5.29. The Hall–Kier alpha value is -1.10. The number of rotatable bonds is 8. The fourth-order valence-corrected chi connectivity index (χ4v) is 3.16. The number of methoxy groups -OCH3 is 1. The lowest BCUT2D eigenvalue weighted by Gasteiger charge is -2.33. The van der Waals surface area contributed by atoms with E-state index in [0.29, 0.717) is 25.2 Å². The maximum Gasteiger partial charge on any atom is 0.119 e. The van der Waals surface area contributed by atoms with Crippen molar-refractivity contribution in [2.24, 2.45) is 5.92 Å². The minimum absolute atomic E-state index is 0.283. The average Bonchev–Trinajstić information content (AvgIpc) is 2.56. The molecule has 3 atom stereocenters. The molecule has 2 N–H and O–H groups in total. The molecule has 0 bridgehead atoms. The summed E-state index contributed by atoms with van der Waals surface area (Å²) in [5, 5.41) is 13.2. The zero-order valence-electron chi connectivity index (χ0n) is 13.8. The van der Waals surface area contributed by atoms with Crippen molar-refractivity contribution >= 4 is 0 Å². The summed E-state index contributed by atoms with van der Waals surface area (Å²) in [4.78, 5) is 0. The zero-order valence-corrected chi connectivity index (χ0v) is 13.8. The summed E-state index contributed by atoms with van der Waals surface area (Å²) in [6, 6.07) is 8.94. The van der Waals surface area contributed by atoms with E-state index in [1.165, 1.54) is 18.4 Å². The Morgan fingerprint density at radius 3 is 2.59 bits per heavy atom. The highest BCUT2D eigenvalue weighted by Crippen LogP contribution is 2.27. The van der Waals surface area contributed by atoms with E-state index in [4.69, 9.17) is 9.47 Å². The lowest BCUT2D eigenvalue weighted by molar-refractivity contribution is 0.146. The third-order valence-electron chi connectivity index (χ3n) is 4.54. The van der Waals surface area contributed by atoms with Crippen LogP contribution < -0.4 is 10.1 Å². The Bertz CT molecular complexity index is 421. The molecule has 0 radical (unpaired) electrons. The molecule has 1 aliphatic carbocycles. The van der Waals surface area contributed by atoms with E-state index in [-0.39, 0.29) is 12.6 Å². The van der Waals surface area contributed by atoms with Crippen LogP contribution in [0.5, 0.6) is 5.75 Å². The summed E-state index contributed by atoms with van der Waals surface area (Å²) in [5.41, 5.74) is 1.25. The predicted octanol–water partition coefficient (Wildman–Crippen LogP) is 2.91. The molecule has 0 amide bonds. The molecule has 1 aromatic carbocycles. The molecular formula is C18H29NO3. The van der Waals surface area contributed by atoms with Gasteiger partial charge in [0.15, 0.2) is 0 Å². The third kappa shape index (κ3) is 4.97. The number of hydrogen-bond donors (Lipinski definition) is 2. The van der Waals surface area contributed by atoms with Crippen molar-refractivity contribution in [2.45, 2.75) is 44.7 Å². The minimum Gasteiger partial charge on any atom is -0.491 e. The predicted molar refractivity (Wildman–Crippen MR) is 88.2 cm³/mol. The first-order valence-electron chi connectivity index (χ1n) is 8.33. The second-order valence-electron chi connectivity index (χ2n) is 6.13. The Morgan fingerprint density at radius 2 is 1.91 bits per heavy atom. The molecular weight excluding hydrogens is 278 g/mol. The maximum absolute atomic E-state index is 9.52.